The molecule has 1 fully saturated rings. The maximum Gasteiger partial charge on any atom is 0.237 e. The van der Waals surface area contributed by atoms with Gasteiger partial charge in [0.15, 0.2) is 0 Å². The quantitative estimate of drug-likeness (QED) is 0.582. The minimum Gasteiger partial charge on any atom is -0.380 e. The monoisotopic (exact) mass is 410 g/mol. The highest BCUT2D eigenvalue weighted by molar-refractivity contribution is 6.30. The largest absolute Gasteiger partial charge is 0.380 e. The molecule has 1 aliphatic rings. The number of halogens is 2. The molecule has 29 heavy (non-hydrogen) atoms. The van der Waals surface area contributed by atoms with Crippen molar-refractivity contribution in [2.24, 2.45) is 0 Å². The zero-order chi connectivity index (χ0) is 20.3. The number of hydrogen-bond donors (Lipinski definition) is 2. The molecule has 148 valence electrons. The third-order valence-corrected chi connectivity index (χ3v) is 5.34. The van der Waals surface area contributed by atoms with Crippen LogP contribution in [0, 0.1) is 5.82 Å². The van der Waals surface area contributed by atoms with E-state index < -0.39 is 5.41 Å². The van der Waals surface area contributed by atoms with E-state index in [1.54, 1.807) is 12.1 Å². The maximum absolute atomic E-state index is 13.1. The number of amides is 1. The van der Waals surface area contributed by atoms with E-state index in [0.29, 0.717) is 30.3 Å². The molecule has 1 amide bonds. The van der Waals surface area contributed by atoms with Crippen molar-refractivity contribution in [1.29, 1.82) is 0 Å². The number of anilines is 3. The SMILES string of the molecule is O=C(Nc1ccc(F)cc1)C1(c2ccc(Nc3cccc(Cl)c3)cc2)CCOC1. The predicted octanol–water partition coefficient (Wildman–Crippen LogP) is 5.52. The fourth-order valence-corrected chi connectivity index (χ4v) is 3.68. The molecule has 0 radical (unpaired) electrons. The van der Waals surface area contributed by atoms with E-state index in [1.165, 1.54) is 12.1 Å². The van der Waals surface area contributed by atoms with Crippen LogP contribution in [-0.4, -0.2) is 19.1 Å². The predicted molar refractivity (Wildman–Crippen MR) is 113 cm³/mol. The molecule has 3 aromatic rings. The van der Waals surface area contributed by atoms with Crippen LogP contribution in [-0.2, 0) is 14.9 Å². The summed E-state index contributed by atoms with van der Waals surface area (Å²) in [6.07, 6.45) is 0.584. The summed E-state index contributed by atoms with van der Waals surface area (Å²) < 4.78 is 18.7. The van der Waals surface area contributed by atoms with Gasteiger partial charge >= 0.3 is 0 Å². The zero-order valence-electron chi connectivity index (χ0n) is 15.6. The molecule has 3 aromatic carbocycles. The van der Waals surface area contributed by atoms with Gasteiger partial charge in [0.05, 0.1) is 12.0 Å². The Kier molecular flexibility index (Phi) is 5.51. The van der Waals surface area contributed by atoms with Crippen molar-refractivity contribution in [2.75, 3.05) is 23.8 Å². The van der Waals surface area contributed by atoms with Crippen LogP contribution in [0.5, 0.6) is 0 Å². The molecule has 0 aromatic heterocycles. The van der Waals surface area contributed by atoms with Crippen LogP contribution < -0.4 is 10.6 Å². The molecule has 0 aliphatic carbocycles. The average molecular weight is 411 g/mol. The summed E-state index contributed by atoms with van der Waals surface area (Å²) in [5, 5.41) is 6.85. The molecule has 2 N–H and O–H groups in total. The molecule has 0 saturated carbocycles. The Bertz CT molecular complexity index is 1000. The van der Waals surface area contributed by atoms with Gasteiger partial charge in [-0.3, -0.25) is 4.79 Å². The van der Waals surface area contributed by atoms with E-state index in [4.69, 9.17) is 16.3 Å². The normalized spacial score (nSPS) is 18.4. The van der Waals surface area contributed by atoms with Gasteiger partial charge in [0.2, 0.25) is 5.91 Å². The molecule has 4 rings (SSSR count). The van der Waals surface area contributed by atoms with Crippen molar-refractivity contribution < 1.29 is 13.9 Å². The van der Waals surface area contributed by atoms with Crippen molar-refractivity contribution >= 4 is 34.6 Å². The number of benzene rings is 3. The van der Waals surface area contributed by atoms with Crippen LogP contribution in [0.25, 0.3) is 0 Å². The summed E-state index contributed by atoms with van der Waals surface area (Å²) in [7, 11) is 0. The Labute approximate surface area is 173 Å². The molecule has 1 heterocycles. The van der Waals surface area contributed by atoms with E-state index >= 15 is 0 Å². The Hall–Kier alpha value is -2.89. The maximum atomic E-state index is 13.1. The Morgan fingerprint density at radius 2 is 1.69 bits per heavy atom. The standard InChI is InChI=1S/C23H20ClFN2O2/c24-17-2-1-3-21(14-17)26-19-8-4-16(5-9-19)23(12-13-29-15-23)22(28)27-20-10-6-18(25)7-11-20/h1-11,14,26H,12-13,15H2,(H,27,28). The number of hydrogen-bond acceptors (Lipinski definition) is 3. The summed E-state index contributed by atoms with van der Waals surface area (Å²) in [6.45, 7) is 0.820. The summed E-state index contributed by atoms with van der Waals surface area (Å²) >= 11 is 6.03. The summed E-state index contributed by atoms with van der Waals surface area (Å²) in [5.41, 5.74) is 2.44. The van der Waals surface area contributed by atoms with Gasteiger partial charge in [-0.2, -0.15) is 0 Å². The third kappa shape index (κ3) is 4.26. The fourth-order valence-electron chi connectivity index (χ4n) is 3.49. The highest BCUT2D eigenvalue weighted by Crippen LogP contribution is 2.35. The first-order valence-corrected chi connectivity index (χ1v) is 9.71. The highest BCUT2D eigenvalue weighted by atomic mass is 35.5. The molecular formula is C23H20ClFN2O2. The van der Waals surface area contributed by atoms with Gasteiger partial charge in [-0.25, -0.2) is 4.39 Å². The van der Waals surface area contributed by atoms with Gasteiger partial charge in [0.25, 0.3) is 0 Å². The molecule has 1 unspecified atom stereocenters. The van der Waals surface area contributed by atoms with Gasteiger partial charge < -0.3 is 15.4 Å². The van der Waals surface area contributed by atoms with Crippen LogP contribution in [0.3, 0.4) is 0 Å². The second kappa shape index (κ2) is 8.23. The third-order valence-electron chi connectivity index (χ3n) is 5.11. The molecule has 0 spiro atoms. The van der Waals surface area contributed by atoms with Crippen LogP contribution in [0.4, 0.5) is 21.5 Å². The Balaban J connectivity index is 1.54. The Morgan fingerprint density at radius 1 is 0.966 bits per heavy atom. The topological polar surface area (TPSA) is 50.4 Å². The van der Waals surface area contributed by atoms with Crippen molar-refractivity contribution in [2.45, 2.75) is 11.8 Å². The van der Waals surface area contributed by atoms with Crippen molar-refractivity contribution in [3.63, 3.8) is 0 Å². The lowest BCUT2D eigenvalue weighted by molar-refractivity contribution is -0.121. The van der Waals surface area contributed by atoms with E-state index in [2.05, 4.69) is 10.6 Å². The molecule has 1 aliphatic heterocycles. The number of carbonyl (C=O) groups is 1. The lowest BCUT2D eigenvalue weighted by Gasteiger charge is -2.27. The number of rotatable bonds is 5. The summed E-state index contributed by atoms with van der Waals surface area (Å²) in [5.74, 6) is -0.498. The van der Waals surface area contributed by atoms with Gasteiger partial charge in [-0.15, -0.1) is 0 Å². The van der Waals surface area contributed by atoms with Gasteiger partial charge in [0.1, 0.15) is 5.82 Å². The molecular weight excluding hydrogens is 391 g/mol. The van der Waals surface area contributed by atoms with E-state index in [0.717, 1.165) is 16.9 Å². The minimum absolute atomic E-state index is 0.155. The van der Waals surface area contributed by atoms with E-state index in [-0.39, 0.29) is 11.7 Å². The van der Waals surface area contributed by atoms with Crippen LogP contribution >= 0.6 is 11.6 Å². The van der Waals surface area contributed by atoms with Crippen molar-refractivity contribution in [3.8, 4) is 0 Å². The van der Waals surface area contributed by atoms with Gasteiger partial charge in [-0.05, 0) is 66.6 Å². The first-order valence-electron chi connectivity index (χ1n) is 9.33. The number of nitrogens with one attached hydrogen (secondary N) is 2. The van der Waals surface area contributed by atoms with Gasteiger partial charge in [0, 0.05) is 28.7 Å². The smallest absolute Gasteiger partial charge is 0.237 e. The first kappa shape index (κ1) is 19.4. The lowest BCUT2D eigenvalue weighted by atomic mass is 9.78. The fraction of sp³-hybridized carbons (Fsp3) is 0.174. The van der Waals surface area contributed by atoms with Crippen LogP contribution in [0.1, 0.15) is 12.0 Å². The van der Waals surface area contributed by atoms with Gasteiger partial charge in [-0.1, -0.05) is 29.8 Å². The van der Waals surface area contributed by atoms with E-state index in [1.807, 2.05) is 48.5 Å². The molecule has 1 atom stereocenters. The second-order valence-electron chi connectivity index (χ2n) is 7.06. The molecule has 6 heteroatoms. The van der Waals surface area contributed by atoms with Crippen molar-refractivity contribution in [1.82, 2.24) is 0 Å². The second-order valence-corrected chi connectivity index (χ2v) is 7.49. The molecule has 0 bridgehead atoms. The van der Waals surface area contributed by atoms with Crippen LogP contribution in [0.2, 0.25) is 5.02 Å². The first-order chi connectivity index (χ1) is 14.0. The Morgan fingerprint density at radius 3 is 2.34 bits per heavy atom. The lowest BCUT2D eigenvalue weighted by Crippen LogP contribution is -2.41. The summed E-state index contributed by atoms with van der Waals surface area (Å²) in [4.78, 5) is 13.1. The van der Waals surface area contributed by atoms with Crippen molar-refractivity contribution in [3.05, 3.63) is 89.2 Å². The highest BCUT2D eigenvalue weighted by Gasteiger charge is 2.44. The average Bonchev–Trinajstić information content (AvgIpc) is 3.22. The minimum atomic E-state index is -0.775. The summed E-state index contributed by atoms with van der Waals surface area (Å²) in [6, 6.07) is 21.0. The van der Waals surface area contributed by atoms with Crippen LogP contribution in [0.15, 0.2) is 72.8 Å². The van der Waals surface area contributed by atoms with E-state index in [9.17, 15) is 9.18 Å². The molecule has 1 saturated heterocycles. The number of carbonyl (C=O) groups excluding carboxylic acids is 1. The zero-order valence-corrected chi connectivity index (χ0v) is 16.4. The number of ether oxygens (including phenoxy) is 1. The molecule has 4 nitrogen and oxygen atoms in total.